The summed E-state index contributed by atoms with van der Waals surface area (Å²) in [7, 11) is 0. The molecule has 0 aliphatic heterocycles. The van der Waals surface area contributed by atoms with Gasteiger partial charge in [0.15, 0.2) is 0 Å². The van der Waals surface area contributed by atoms with Gasteiger partial charge < -0.3 is 10.1 Å². The lowest BCUT2D eigenvalue weighted by Crippen LogP contribution is -2.24. The Hall–Kier alpha value is -4.92. The van der Waals surface area contributed by atoms with Gasteiger partial charge in [-0.1, -0.05) is 24.3 Å². The molecule has 9 nitrogen and oxygen atoms in total. The Morgan fingerprint density at radius 1 is 0.949 bits per heavy atom. The fraction of sp³-hybridized carbons (Fsp3) is 0.200. The molecule has 4 heterocycles. The second-order valence-corrected chi connectivity index (χ2v) is 10.1. The smallest absolute Gasteiger partial charge is 0.357 e. The summed E-state index contributed by atoms with van der Waals surface area (Å²) in [5.74, 6) is -0.815. The summed E-state index contributed by atoms with van der Waals surface area (Å²) in [6, 6.07) is 18.7. The zero-order valence-electron chi connectivity index (χ0n) is 22.2. The van der Waals surface area contributed by atoms with Gasteiger partial charge in [-0.15, -0.1) is 0 Å². The highest BCUT2D eigenvalue weighted by Crippen LogP contribution is 2.34. The van der Waals surface area contributed by atoms with E-state index in [0.717, 1.165) is 27.7 Å². The number of anilines is 1. The maximum absolute atomic E-state index is 12.9. The van der Waals surface area contributed by atoms with Crippen molar-refractivity contribution in [1.82, 2.24) is 24.7 Å². The van der Waals surface area contributed by atoms with Crippen LogP contribution in [0.2, 0.25) is 0 Å². The fourth-order valence-corrected chi connectivity index (χ4v) is 4.16. The van der Waals surface area contributed by atoms with Gasteiger partial charge in [-0.2, -0.15) is 5.10 Å². The monoisotopic (exact) mass is 520 g/mol. The van der Waals surface area contributed by atoms with Gasteiger partial charge in [-0.3, -0.25) is 19.4 Å². The molecule has 9 heteroatoms. The van der Waals surface area contributed by atoms with Crippen molar-refractivity contribution in [2.45, 2.75) is 39.8 Å². The number of nitrogens with zero attached hydrogens (tertiary/aromatic N) is 5. The third-order valence-electron chi connectivity index (χ3n) is 5.79. The van der Waals surface area contributed by atoms with Crippen LogP contribution in [-0.2, 0) is 16.1 Å². The van der Waals surface area contributed by atoms with E-state index in [1.165, 1.54) is 12.3 Å². The number of ether oxygens (including phenoxy) is 1. The number of benzene rings is 1. The first-order chi connectivity index (χ1) is 18.7. The van der Waals surface area contributed by atoms with E-state index in [0.29, 0.717) is 17.1 Å². The molecule has 1 N–H and O–H groups in total. The molecule has 0 saturated carbocycles. The van der Waals surface area contributed by atoms with Crippen LogP contribution in [0, 0.1) is 6.92 Å². The summed E-state index contributed by atoms with van der Waals surface area (Å²) in [6.45, 7) is 7.26. The molecule has 0 spiro atoms. The number of amides is 1. The zero-order chi connectivity index (χ0) is 27.6. The van der Waals surface area contributed by atoms with Crippen LogP contribution in [0.5, 0.6) is 0 Å². The van der Waals surface area contributed by atoms with Gasteiger partial charge in [0.1, 0.15) is 23.5 Å². The van der Waals surface area contributed by atoms with Crippen LogP contribution in [0.15, 0.2) is 79.3 Å². The molecule has 0 atom stereocenters. The number of carbonyl (C=O) groups is 2. The molecule has 0 unspecified atom stereocenters. The van der Waals surface area contributed by atoms with Crippen LogP contribution in [-0.4, -0.2) is 42.2 Å². The molecule has 0 fully saturated rings. The van der Waals surface area contributed by atoms with Crippen LogP contribution in [0.1, 0.15) is 37.0 Å². The van der Waals surface area contributed by atoms with Crippen molar-refractivity contribution in [2.75, 3.05) is 5.32 Å². The molecule has 1 amide bonds. The molecule has 0 radical (unpaired) electrons. The molecule has 39 heavy (non-hydrogen) atoms. The highest BCUT2D eigenvalue weighted by atomic mass is 16.6. The van der Waals surface area contributed by atoms with Crippen LogP contribution < -0.4 is 5.32 Å². The van der Waals surface area contributed by atoms with Gasteiger partial charge >= 0.3 is 5.97 Å². The van der Waals surface area contributed by atoms with Crippen LogP contribution in [0.25, 0.3) is 33.4 Å². The topological polar surface area (TPSA) is 112 Å². The van der Waals surface area contributed by atoms with Gasteiger partial charge in [-0.05, 0) is 69.7 Å². The number of hydrogen-bond donors (Lipinski definition) is 1. The van der Waals surface area contributed by atoms with Gasteiger partial charge in [0.25, 0.3) is 0 Å². The molecule has 0 aliphatic rings. The van der Waals surface area contributed by atoms with Crippen LogP contribution >= 0.6 is 0 Å². The minimum atomic E-state index is -0.621. The largest absolute Gasteiger partial charge is 0.455 e. The number of carbonyl (C=O) groups excluding carboxylic acids is 2. The van der Waals surface area contributed by atoms with E-state index >= 15 is 0 Å². The fourth-order valence-electron chi connectivity index (χ4n) is 4.16. The number of para-hydroxylation sites is 1. The lowest BCUT2D eigenvalue weighted by Gasteiger charge is -2.19. The molecule has 0 bridgehead atoms. The predicted molar refractivity (Wildman–Crippen MR) is 149 cm³/mol. The number of esters is 1. The number of pyridine rings is 3. The van der Waals surface area contributed by atoms with E-state index in [9.17, 15) is 9.59 Å². The molecule has 196 valence electrons. The van der Waals surface area contributed by atoms with Gasteiger partial charge in [-0.25, -0.2) is 9.78 Å². The maximum Gasteiger partial charge on any atom is 0.357 e. The van der Waals surface area contributed by atoms with Crippen molar-refractivity contribution < 1.29 is 14.3 Å². The Balaban J connectivity index is 1.41. The third kappa shape index (κ3) is 5.98. The van der Waals surface area contributed by atoms with E-state index < -0.39 is 11.6 Å². The van der Waals surface area contributed by atoms with Crippen molar-refractivity contribution in [3.05, 3.63) is 90.6 Å². The highest BCUT2D eigenvalue weighted by molar-refractivity contribution is 5.98. The minimum Gasteiger partial charge on any atom is -0.455 e. The summed E-state index contributed by atoms with van der Waals surface area (Å²) < 4.78 is 6.93. The number of rotatable bonds is 6. The molecule has 0 aliphatic carbocycles. The Bertz CT molecular complexity index is 1660. The minimum absolute atomic E-state index is 0.0321. The van der Waals surface area contributed by atoms with E-state index in [1.807, 2.05) is 61.7 Å². The molecular weight excluding hydrogens is 492 g/mol. The van der Waals surface area contributed by atoms with Crippen molar-refractivity contribution in [2.24, 2.45) is 0 Å². The van der Waals surface area contributed by atoms with Crippen molar-refractivity contribution in [3.8, 4) is 22.5 Å². The highest BCUT2D eigenvalue weighted by Gasteiger charge is 2.20. The van der Waals surface area contributed by atoms with Gasteiger partial charge in [0.05, 0.1) is 23.1 Å². The Labute approximate surface area is 225 Å². The maximum atomic E-state index is 12.9. The molecule has 0 saturated heterocycles. The summed E-state index contributed by atoms with van der Waals surface area (Å²) in [6.07, 6.45) is 5.05. The molecular formula is C30H28N6O3. The number of aryl methyl sites for hydroxylation is 1. The molecule has 4 aromatic heterocycles. The first-order valence-electron chi connectivity index (χ1n) is 12.5. The zero-order valence-corrected chi connectivity index (χ0v) is 22.2. The van der Waals surface area contributed by atoms with Crippen molar-refractivity contribution in [1.29, 1.82) is 0 Å². The second-order valence-electron chi connectivity index (χ2n) is 10.1. The lowest BCUT2D eigenvalue weighted by atomic mass is 10.0. The Kier molecular flexibility index (Phi) is 6.89. The summed E-state index contributed by atoms with van der Waals surface area (Å²) >= 11 is 0. The Morgan fingerprint density at radius 3 is 2.51 bits per heavy atom. The van der Waals surface area contributed by atoms with E-state index in [2.05, 4.69) is 20.3 Å². The third-order valence-corrected chi connectivity index (χ3v) is 5.79. The number of nitrogens with one attached hydrogen (secondary N) is 1. The average Bonchev–Trinajstić information content (AvgIpc) is 3.31. The van der Waals surface area contributed by atoms with Crippen LogP contribution in [0.4, 0.5) is 5.69 Å². The first-order valence-corrected chi connectivity index (χ1v) is 12.5. The van der Waals surface area contributed by atoms with Gasteiger partial charge in [0.2, 0.25) is 5.91 Å². The van der Waals surface area contributed by atoms with E-state index in [4.69, 9.17) is 9.84 Å². The lowest BCUT2D eigenvalue weighted by molar-refractivity contribution is -0.116. The van der Waals surface area contributed by atoms with Gasteiger partial charge in [0, 0.05) is 29.0 Å². The van der Waals surface area contributed by atoms with Crippen LogP contribution in [0.3, 0.4) is 0 Å². The second kappa shape index (κ2) is 10.4. The van der Waals surface area contributed by atoms with Crippen molar-refractivity contribution >= 4 is 28.5 Å². The number of hydrogen-bond acceptors (Lipinski definition) is 7. The molecule has 5 rings (SSSR count). The molecule has 5 aromatic rings. The molecule has 1 aromatic carbocycles. The summed E-state index contributed by atoms with van der Waals surface area (Å²) in [5.41, 5.74) is 4.93. The standard InChI is InChI=1S/C30H28N6O3/c1-19-8-7-11-25(33-19)28-23(21-14-15-31-24-10-6-5-9-22(21)24)17-36(35-28)18-27(37)34-20-12-13-26(32-16-20)29(38)39-30(2,3)4/h5-17H,18H2,1-4H3,(H,34,37). The quantitative estimate of drug-likeness (QED) is 0.296. The number of fused-ring (bicyclic) bond motifs is 1. The Morgan fingerprint density at radius 2 is 1.77 bits per heavy atom. The number of aromatic nitrogens is 5. The predicted octanol–water partition coefficient (Wildman–Crippen LogP) is 5.46. The van der Waals surface area contributed by atoms with Crippen molar-refractivity contribution in [3.63, 3.8) is 0 Å². The summed E-state index contributed by atoms with van der Waals surface area (Å²) in [5, 5.41) is 8.55. The SMILES string of the molecule is Cc1cccc(-c2nn(CC(=O)Nc3ccc(C(=O)OC(C)(C)C)nc3)cc2-c2ccnc3ccccc23)n1. The average molecular weight is 521 g/mol. The van der Waals surface area contributed by atoms with E-state index in [1.54, 1.807) is 37.7 Å². The first kappa shape index (κ1) is 25.7. The summed E-state index contributed by atoms with van der Waals surface area (Å²) in [4.78, 5) is 38.4. The normalized spacial score (nSPS) is 11.4. The van der Waals surface area contributed by atoms with E-state index in [-0.39, 0.29) is 18.1 Å².